The Morgan fingerprint density at radius 3 is 2.55 bits per heavy atom. The monoisotopic (exact) mass is 297 g/mol. The predicted octanol–water partition coefficient (Wildman–Crippen LogP) is 2.01. The number of rotatable bonds is 5. The van der Waals surface area contributed by atoms with Gasteiger partial charge in [0.05, 0.1) is 6.54 Å². The summed E-state index contributed by atoms with van der Waals surface area (Å²) in [7, 11) is 1.79. The molecule has 0 fully saturated rings. The standard InChI is InChI=1S/C14H20ClN3O2/c1-10(2)16-14(20)17-13(19)9-18(3)8-11-6-4-5-7-12(11)15/h4-7,10H,8-9H2,1-3H3,(H2,16,17,19,20). The molecule has 110 valence electrons. The van der Waals surface area contributed by atoms with Crippen LogP contribution in [0.4, 0.5) is 4.79 Å². The van der Waals surface area contributed by atoms with Gasteiger partial charge in [-0.2, -0.15) is 0 Å². The fourth-order valence-electron chi connectivity index (χ4n) is 1.68. The molecular formula is C14H20ClN3O2. The second-order valence-electron chi connectivity index (χ2n) is 4.94. The highest BCUT2D eigenvalue weighted by molar-refractivity contribution is 6.31. The van der Waals surface area contributed by atoms with Crippen molar-refractivity contribution in [3.05, 3.63) is 34.9 Å². The van der Waals surface area contributed by atoms with E-state index in [1.54, 1.807) is 18.0 Å². The van der Waals surface area contributed by atoms with E-state index in [0.29, 0.717) is 11.6 Å². The van der Waals surface area contributed by atoms with Gasteiger partial charge in [0.15, 0.2) is 0 Å². The van der Waals surface area contributed by atoms with Gasteiger partial charge in [0.1, 0.15) is 0 Å². The first kappa shape index (κ1) is 16.5. The zero-order valence-corrected chi connectivity index (χ0v) is 12.7. The second-order valence-corrected chi connectivity index (χ2v) is 5.35. The average molecular weight is 298 g/mol. The summed E-state index contributed by atoms with van der Waals surface area (Å²) in [5.74, 6) is -0.349. The largest absolute Gasteiger partial charge is 0.336 e. The maximum absolute atomic E-state index is 11.7. The first-order chi connectivity index (χ1) is 9.38. The van der Waals surface area contributed by atoms with Crippen LogP contribution in [0, 0.1) is 0 Å². The topological polar surface area (TPSA) is 61.4 Å². The molecule has 1 aromatic carbocycles. The molecule has 0 bridgehead atoms. The van der Waals surface area contributed by atoms with E-state index in [0.717, 1.165) is 5.56 Å². The molecule has 0 aliphatic rings. The maximum Gasteiger partial charge on any atom is 0.321 e. The summed E-state index contributed by atoms with van der Waals surface area (Å²) in [5, 5.41) is 5.54. The molecule has 2 N–H and O–H groups in total. The molecular weight excluding hydrogens is 278 g/mol. The van der Waals surface area contributed by atoms with Gasteiger partial charge in [0.2, 0.25) is 5.91 Å². The molecule has 0 aliphatic heterocycles. The lowest BCUT2D eigenvalue weighted by atomic mass is 10.2. The van der Waals surface area contributed by atoms with Gasteiger partial charge in [0.25, 0.3) is 0 Å². The molecule has 1 aromatic rings. The van der Waals surface area contributed by atoms with Crippen molar-refractivity contribution in [1.82, 2.24) is 15.5 Å². The van der Waals surface area contributed by atoms with Crippen molar-refractivity contribution in [2.45, 2.75) is 26.4 Å². The van der Waals surface area contributed by atoms with Gasteiger partial charge in [-0.15, -0.1) is 0 Å². The van der Waals surface area contributed by atoms with Crippen LogP contribution in [0.3, 0.4) is 0 Å². The number of hydrogen-bond donors (Lipinski definition) is 2. The fraction of sp³-hybridized carbons (Fsp3) is 0.429. The number of amides is 3. The zero-order valence-electron chi connectivity index (χ0n) is 11.9. The van der Waals surface area contributed by atoms with Gasteiger partial charge in [0, 0.05) is 17.6 Å². The minimum absolute atomic E-state index is 0.0105. The Kier molecular flexibility index (Phi) is 6.48. The van der Waals surface area contributed by atoms with E-state index in [4.69, 9.17) is 11.6 Å². The molecule has 0 radical (unpaired) electrons. The van der Waals surface area contributed by atoms with Gasteiger partial charge >= 0.3 is 6.03 Å². The van der Waals surface area contributed by atoms with Crippen molar-refractivity contribution in [3.8, 4) is 0 Å². The minimum atomic E-state index is -0.476. The number of halogens is 1. The van der Waals surface area contributed by atoms with Crippen LogP contribution in [0.1, 0.15) is 19.4 Å². The molecule has 0 aromatic heterocycles. The number of benzene rings is 1. The summed E-state index contributed by atoms with van der Waals surface area (Å²) in [6.07, 6.45) is 0. The lowest BCUT2D eigenvalue weighted by molar-refractivity contribution is -0.120. The van der Waals surface area contributed by atoms with E-state index in [-0.39, 0.29) is 18.5 Å². The van der Waals surface area contributed by atoms with Crippen molar-refractivity contribution in [3.63, 3.8) is 0 Å². The van der Waals surface area contributed by atoms with E-state index >= 15 is 0 Å². The van der Waals surface area contributed by atoms with Crippen LogP contribution in [-0.2, 0) is 11.3 Å². The van der Waals surface area contributed by atoms with Crippen LogP contribution in [-0.4, -0.2) is 36.5 Å². The van der Waals surface area contributed by atoms with Gasteiger partial charge in [-0.3, -0.25) is 15.0 Å². The van der Waals surface area contributed by atoms with Gasteiger partial charge in [-0.05, 0) is 32.5 Å². The Morgan fingerprint density at radius 2 is 1.95 bits per heavy atom. The number of carbonyl (C=O) groups excluding carboxylic acids is 2. The highest BCUT2D eigenvalue weighted by Crippen LogP contribution is 2.16. The maximum atomic E-state index is 11.7. The lowest BCUT2D eigenvalue weighted by Crippen LogP contribution is -2.45. The molecule has 1 rings (SSSR count). The van der Waals surface area contributed by atoms with Crippen LogP contribution < -0.4 is 10.6 Å². The smallest absolute Gasteiger partial charge is 0.321 e. The second kappa shape index (κ2) is 7.87. The lowest BCUT2D eigenvalue weighted by Gasteiger charge is -2.17. The molecule has 20 heavy (non-hydrogen) atoms. The predicted molar refractivity (Wildman–Crippen MR) is 79.6 cm³/mol. The van der Waals surface area contributed by atoms with Crippen molar-refractivity contribution in [1.29, 1.82) is 0 Å². The van der Waals surface area contributed by atoms with Gasteiger partial charge in [-0.25, -0.2) is 4.79 Å². The third-order valence-corrected chi connectivity index (χ3v) is 2.85. The summed E-state index contributed by atoms with van der Waals surface area (Å²) < 4.78 is 0. The number of nitrogens with zero attached hydrogens (tertiary/aromatic N) is 1. The van der Waals surface area contributed by atoms with Crippen LogP contribution in [0.15, 0.2) is 24.3 Å². The molecule has 0 saturated carbocycles. The number of imide groups is 1. The van der Waals surface area contributed by atoms with Crippen molar-refractivity contribution in [2.75, 3.05) is 13.6 Å². The number of carbonyl (C=O) groups is 2. The van der Waals surface area contributed by atoms with Crippen LogP contribution >= 0.6 is 11.6 Å². The molecule has 0 atom stereocenters. The van der Waals surface area contributed by atoms with E-state index in [2.05, 4.69) is 10.6 Å². The van der Waals surface area contributed by atoms with Gasteiger partial charge in [-0.1, -0.05) is 29.8 Å². The number of hydrogen-bond acceptors (Lipinski definition) is 3. The van der Waals surface area contributed by atoms with E-state index < -0.39 is 6.03 Å². The highest BCUT2D eigenvalue weighted by Gasteiger charge is 2.12. The molecule has 0 heterocycles. The number of nitrogens with one attached hydrogen (secondary N) is 2. The van der Waals surface area contributed by atoms with Crippen LogP contribution in [0.5, 0.6) is 0 Å². The average Bonchev–Trinajstić information content (AvgIpc) is 2.30. The summed E-state index contributed by atoms with van der Waals surface area (Å²) in [6, 6.07) is 6.98. The van der Waals surface area contributed by atoms with Gasteiger partial charge < -0.3 is 5.32 Å². The molecule has 5 nitrogen and oxygen atoms in total. The van der Waals surface area contributed by atoms with Crippen LogP contribution in [0.25, 0.3) is 0 Å². The Hall–Kier alpha value is -1.59. The first-order valence-corrected chi connectivity index (χ1v) is 6.78. The molecule has 0 spiro atoms. The Morgan fingerprint density at radius 1 is 1.30 bits per heavy atom. The molecule has 3 amide bonds. The van der Waals surface area contributed by atoms with Crippen molar-refractivity contribution < 1.29 is 9.59 Å². The SMILES string of the molecule is CC(C)NC(=O)NC(=O)CN(C)Cc1ccccc1Cl. The fourth-order valence-corrected chi connectivity index (χ4v) is 1.88. The summed E-state index contributed by atoms with van der Waals surface area (Å²) in [6.45, 7) is 4.32. The minimum Gasteiger partial charge on any atom is -0.336 e. The molecule has 0 saturated heterocycles. The summed E-state index contributed by atoms with van der Waals surface area (Å²) >= 11 is 6.06. The molecule has 0 unspecified atom stereocenters. The highest BCUT2D eigenvalue weighted by atomic mass is 35.5. The number of urea groups is 1. The van der Waals surface area contributed by atoms with E-state index in [1.165, 1.54) is 0 Å². The normalized spacial score (nSPS) is 10.7. The molecule has 6 heteroatoms. The van der Waals surface area contributed by atoms with Crippen molar-refractivity contribution >= 4 is 23.5 Å². The quantitative estimate of drug-likeness (QED) is 0.874. The number of likely N-dealkylation sites (N-methyl/N-ethyl adjacent to an activating group) is 1. The van der Waals surface area contributed by atoms with E-state index in [1.807, 2.05) is 32.0 Å². The third kappa shape index (κ3) is 6.04. The Balaban J connectivity index is 2.42. The third-order valence-electron chi connectivity index (χ3n) is 2.48. The van der Waals surface area contributed by atoms with E-state index in [9.17, 15) is 9.59 Å². The first-order valence-electron chi connectivity index (χ1n) is 6.40. The zero-order chi connectivity index (χ0) is 15.1. The summed E-state index contributed by atoms with van der Waals surface area (Å²) in [4.78, 5) is 24.8. The summed E-state index contributed by atoms with van der Waals surface area (Å²) in [5.41, 5.74) is 0.941. The Labute approximate surface area is 124 Å². The van der Waals surface area contributed by atoms with Crippen molar-refractivity contribution in [2.24, 2.45) is 0 Å². The molecule has 0 aliphatic carbocycles. The Bertz CT molecular complexity index is 477. The van der Waals surface area contributed by atoms with Crippen LogP contribution in [0.2, 0.25) is 5.02 Å².